The van der Waals surface area contributed by atoms with E-state index in [0.29, 0.717) is 35.0 Å². The number of anilines is 2. The number of benzene rings is 2. The second kappa shape index (κ2) is 12.1. The molecule has 2 aromatic carbocycles. The highest BCUT2D eigenvalue weighted by molar-refractivity contribution is 7.96. The molecule has 0 aliphatic heterocycles. The smallest absolute Gasteiger partial charge is 0.278 e. The molecule has 3 aromatic rings. The zero-order chi connectivity index (χ0) is 23.8. The minimum absolute atomic E-state index is 0.0415. The lowest BCUT2D eigenvalue weighted by Crippen LogP contribution is -2.17. The Morgan fingerprint density at radius 3 is 2.33 bits per heavy atom. The van der Waals surface area contributed by atoms with E-state index in [1.807, 2.05) is 45.0 Å². The number of aryl methyl sites for hydroxylation is 1. The summed E-state index contributed by atoms with van der Waals surface area (Å²) < 4.78 is 23.7. The Balaban J connectivity index is 1.69. The number of nitrogen functional groups attached to an aromatic ring is 1. The molecule has 3 rings (SSSR count). The summed E-state index contributed by atoms with van der Waals surface area (Å²) in [5.74, 6) is -0.430. The van der Waals surface area contributed by atoms with Crippen molar-refractivity contribution in [1.82, 2.24) is 9.97 Å². The van der Waals surface area contributed by atoms with Gasteiger partial charge >= 0.3 is 0 Å². The van der Waals surface area contributed by atoms with Crippen LogP contribution < -0.4 is 11.1 Å². The molecule has 33 heavy (non-hydrogen) atoms. The number of hydrogen-bond acceptors (Lipinski definition) is 7. The van der Waals surface area contributed by atoms with E-state index >= 15 is 0 Å². The Hall–Kier alpha value is -2.55. The second-order valence-electron chi connectivity index (χ2n) is 6.98. The summed E-state index contributed by atoms with van der Waals surface area (Å²) in [6.07, 6.45) is 1.54. The molecule has 1 amide bonds. The fourth-order valence-electron chi connectivity index (χ4n) is 2.88. The van der Waals surface area contributed by atoms with Gasteiger partial charge in [0.15, 0.2) is 21.9 Å². The zero-order valence-corrected chi connectivity index (χ0v) is 20.5. The van der Waals surface area contributed by atoms with Gasteiger partial charge in [0.2, 0.25) is 8.38 Å². The summed E-state index contributed by atoms with van der Waals surface area (Å²) >= 11 is -1.28. The molecule has 0 bridgehead atoms. The standard InChI is InChI=1S/C23H27N4O4PS/c1-4-30-32(31-5-2)15-33(29)19-12-10-18(11-13-19)26-23(28)21-22(24)25-14-20(27-21)17-8-6-16(3)7-9-17/h6-14H,4-5,15H2,1-3H3,(H2,24,25)(H,26,28). The van der Waals surface area contributed by atoms with Crippen molar-refractivity contribution in [2.75, 3.05) is 29.8 Å². The van der Waals surface area contributed by atoms with E-state index in [2.05, 4.69) is 15.3 Å². The first-order valence-corrected chi connectivity index (χ1v) is 13.1. The first-order valence-electron chi connectivity index (χ1n) is 10.4. The topological polar surface area (TPSA) is 122 Å². The van der Waals surface area contributed by atoms with E-state index < -0.39 is 25.5 Å². The van der Waals surface area contributed by atoms with Crippen molar-refractivity contribution in [2.24, 2.45) is 0 Å². The van der Waals surface area contributed by atoms with E-state index in [4.69, 9.17) is 14.8 Å². The average molecular weight is 487 g/mol. The molecule has 3 N–H and O–H groups in total. The van der Waals surface area contributed by atoms with Gasteiger partial charge in [-0.2, -0.15) is 0 Å². The third-order valence-corrected chi connectivity index (χ3v) is 8.18. The van der Waals surface area contributed by atoms with Gasteiger partial charge in [-0.1, -0.05) is 29.8 Å². The number of nitrogens with one attached hydrogen (secondary N) is 1. The lowest BCUT2D eigenvalue weighted by molar-refractivity contribution is 0.102. The number of nitrogens with zero attached hydrogens (tertiary/aromatic N) is 2. The van der Waals surface area contributed by atoms with Crippen LogP contribution in [0.2, 0.25) is 0 Å². The summed E-state index contributed by atoms with van der Waals surface area (Å²) in [6, 6.07) is 14.5. The van der Waals surface area contributed by atoms with Crippen LogP contribution in [0.1, 0.15) is 29.9 Å². The van der Waals surface area contributed by atoms with Crippen LogP contribution in [-0.2, 0) is 20.2 Å². The molecule has 8 nitrogen and oxygen atoms in total. The largest absolute Gasteiger partial charge is 0.611 e. The molecule has 1 heterocycles. The van der Waals surface area contributed by atoms with Crippen molar-refractivity contribution in [1.29, 1.82) is 0 Å². The van der Waals surface area contributed by atoms with Crippen molar-refractivity contribution in [3.05, 3.63) is 66.0 Å². The monoisotopic (exact) mass is 486 g/mol. The van der Waals surface area contributed by atoms with Gasteiger partial charge < -0.3 is 24.7 Å². The number of hydrogen-bond donors (Lipinski definition) is 2. The summed E-state index contributed by atoms with van der Waals surface area (Å²) in [7, 11) is -1.20. The van der Waals surface area contributed by atoms with Gasteiger partial charge in [-0.25, -0.2) is 9.97 Å². The number of nitrogens with two attached hydrogens (primary N) is 1. The van der Waals surface area contributed by atoms with Gasteiger partial charge in [0, 0.05) is 11.3 Å². The maximum Gasteiger partial charge on any atom is 0.278 e. The molecule has 1 aromatic heterocycles. The van der Waals surface area contributed by atoms with Crippen molar-refractivity contribution in [3.63, 3.8) is 0 Å². The summed E-state index contributed by atoms with van der Waals surface area (Å²) in [6.45, 7) is 6.76. The Morgan fingerprint density at radius 2 is 1.73 bits per heavy atom. The molecule has 0 radical (unpaired) electrons. The van der Waals surface area contributed by atoms with Crippen LogP contribution in [0.4, 0.5) is 11.5 Å². The normalized spacial score (nSPS) is 12.0. The lowest BCUT2D eigenvalue weighted by atomic mass is 10.1. The van der Waals surface area contributed by atoms with E-state index in [9.17, 15) is 9.35 Å². The Labute approximate surface area is 198 Å². The van der Waals surface area contributed by atoms with E-state index in [1.54, 1.807) is 30.5 Å². The van der Waals surface area contributed by atoms with Crippen LogP contribution in [0, 0.1) is 6.92 Å². The number of carbonyl (C=O) groups excluding carboxylic acids is 1. The molecular weight excluding hydrogens is 459 g/mol. The predicted octanol–water partition coefficient (Wildman–Crippen LogP) is 4.74. The highest BCUT2D eigenvalue weighted by atomic mass is 32.2. The van der Waals surface area contributed by atoms with Gasteiger partial charge in [0.05, 0.1) is 25.1 Å². The van der Waals surface area contributed by atoms with Gasteiger partial charge in [0.1, 0.15) is 0 Å². The van der Waals surface area contributed by atoms with Crippen LogP contribution in [0.15, 0.2) is 59.6 Å². The zero-order valence-electron chi connectivity index (χ0n) is 18.8. The first-order chi connectivity index (χ1) is 15.9. The molecule has 0 aliphatic carbocycles. The van der Waals surface area contributed by atoms with Crippen molar-refractivity contribution in [2.45, 2.75) is 25.7 Å². The Morgan fingerprint density at radius 1 is 1.09 bits per heavy atom. The summed E-state index contributed by atoms with van der Waals surface area (Å²) in [4.78, 5) is 22.0. The van der Waals surface area contributed by atoms with Crippen molar-refractivity contribution in [3.8, 4) is 11.3 Å². The SMILES string of the molecule is CCOP(C[S+]([O-])c1ccc(NC(=O)c2nc(-c3ccc(C)cc3)cnc2N)cc1)OCC. The molecule has 10 heteroatoms. The molecule has 0 saturated heterocycles. The molecular formula is C23H27N4O4PS. The number of amides is 1. The third kappa shape index (κ3) is 6.96. The van der Waals surface area contributed by atoms with Crippen LogP contribution in [0.3, 0.4) is 0 Å². The molecule has 1 unspecified atom stereocenters. The lowest BCUT2D eigenvalue weighted by Gasteiger charge is -2.18. The first kappa shape index (κ1) is 25.1. The van der Waals surface area contributed by atoms with Gasteiger partial charge in [-0.05, 0) is 56.2 Å². The van der Waals surface area contributed by atoms with Crippen LogP contribution in [0.5, 0.6) is 0 Å². The minimum atomic E-state index is -1.28. The third-order valence-electron chi connectivity index (χ3n) is 4.51. The van der Waals surface area contributed by atoms with E-state index in [-0.39, 0.29) is 11.5 Å². The van der Waals surface area contributed by atoms with E-state index in [1.165, 1.54) is 0 Å². The fraction of sp³-hybridized carbons (Fsp3) is 0.261. The highest BCUT2D eigenvalue weighted by Gasteiger charge is 2.21. The molecule has 0 fully saturated rings. The van der Waals surface area contributed by atoms with Crippen LogP contribution >= 0.6 is 8.38 Å². The van der Waals surface area contributed by atoms with Gasteiger partial charge in [0.25, 0.3) is 5.91 Å². The Kier molecular flexibility index (Phi) is 9.17. The summed E-state index contributed by atoms with van der Waals surface area (Å²) in [5.41, 5.74) is 9.29. The molecule has 0 aliphatic rings. The number of rotatable bonds is 10. The van der Waals surface area contributed by atoms with Crippen LogP contribution in [0.25, 0.3) is 11.3 Å². The second-order valence-corrected chi connectivity index (χ2v) is 10.4. The maximum atomic E-state index is 12.8. The summed E-state index contributed by atoms with van der Waals surface area (Å²) in [5, 5.41) is 2.77. The van der Waals surface area contributed by atoms with E-state index in [0.717, 1.165) is 11.1 Å². The maximum absolute atomic E-state index is 12.8. The number of carbonyl (C=O) groups is 1. The average Bonchev–Trinajstić information content (AvgIpc) is 2.80. The van der Waals surface area contributed by atoms with Gasteiger partial charge in [-0.3, -0.25) is 4.79 Å². The van der Waals surface area contributed by atoms with Crippen molar-refractivity contribution >= 4 is 37.0 Å². The molecule has 1 atom stereocenters. The molecule has 0 saturated carbocycles. The molecule has 174 valence electrons. The van der Waals surface area contributed by atoms with Gasteiger partial charge in [-0.15, -0.1) is 0 Å². The quantitative estimate of drug-likeness (QED) is 0.314. The van der Waals surface area contributed by atoms with Crippen LogP contribution in [-0.4, -0.2) is 39.1 Å². The highest BCUT2D eigenvalue weighted by Crippen LogP contribution is 2.41. The molecule has 0 spiro atoms. The fourth-order valence-corrected chi connectivity index (χ4v) is 5.93. The predicted molar refractivity (Wildman–Crippen MR) is 132 cm³/mol. The van der Waals surface area contributed by atoms with Crippen molar-refractivity contribution < 1.29 is 18.4 Å². The Bertz CT molecular complexity index is 1060. The number of aromatic nitrogens is 2. The minimum Gasteiger partial charge on any atom is -0.611 e.